The number of carbonyl (C=O) groups is 1. The molecule has 0 unspecified atom stereocenters. The molecular weight excluding hydrogens is 257 g/mol. The van der Waals surface area contributed by atoms with Crippen LogP contribution in [-0.4, -0.2) is 15.9 Å². The van der Waals surface area contributed by atoms with Gasteiger partial charge in [0.05, 0.1) is 23.6 Å². The van der Waals surface area contributed by atoms with E-state index in [1.165, 1.54) is 12.4 Å². The first-order valence-corrected chi connectivity index (χ1v) is 5.48. The molecule has 1 N–H and O–H groups in total. The summed E-state index contributed by atoms with van der Waals surface area (Å²) in [5.74, 6) is -1.02. The van der Waals surface area contributed by atoms with Gasteiger partial charge in [-0.2, -0.15) is 0 Å². The number of nitrogens with one attached hydrogen (secondary N) is 1. The first-order chi connectivity index (χ1) is 8.56. The van der Waals surface area contributed by atoms with Gasteiger partial charge in [0.15, 0.2) is 0 Å². The zero-order chi connectivity index (χ0) is 13.1. The molecular formula is C12H9ClFN3O. The van der Waals surface area contributed by atoms with E-state index in [1.54, 1.807) is 13.0 Å². The van der Waals surface area contributed by atoms with E-state index in [-0.39, 0.29) is 5.56 Å². The van der Waals surface area contributed by atoms with Crippen LogP contribution in [0.5, 0.6) is 0 Å². The monoisotopic (exact) mass is 265 g/mol. The van der Waals surface area contributed by atoms with Crippen molar-refractivity contribution < 1.29 is 9.18 Å². The largest absolute Gasteiger partial charge is 0.321 e. The zero-order valence-corrected chi connectivity index (χ0v) is 10.2. The first kappa shape index (κ1) is 12.4. The minimum absolute atomic E-state index is 0.141. The highest BCUT2D eigenvalue weighted by Gasteiger charge is 2.08. The summed E-state index contributed by atoms with van der Waals surface area (Å²) in [5, 5.41) is 2.96. The van der Waals surface area contributed by atoms with E-state index < -0.39 is 11.7 Å². The van der Waals surface area contributed by atoms with Gasteiger partial charge in [-0.1, -0.05) is 11.6 Å². The molecule has 0 aliphatic heterocycles. The molecule has 6 heteroatoms. The van der Waals surface area contributed by atoms with Gasteiger partial charge in [-0.25, -0.2) is 9.37 Å². The normalized spacial score (nSPS) is 10.2. The minimum Gasteiger partial charge on any atom is -0.321 e. The fourth-order valence-electron chi connectivity index (χ4n) is 1.37. The molecule has 0 atom stereocenters. The second-order valence-corrected chi connectivity index (χ2v) is 4.04. The van der Waals surface area contributed by atoms with Crippen LogP contribution in [0.15, 0.2) is 30.7 Å². The number of halogens is 2. The summed E-state index contributed by atoms with van der Waals surface area (Å²) in [7, 11) is 0. The third-order valence-corrected chi connectivity index (χ3v) is 2.64. The molecule has 18 heavy (non-hydrogen) atoms. The van der Waals surface area contributed by atoms with Crippen LogP contribution in [-0.2, 0) is 0 Å². The predicted molar refractivity (Wildman–Crippen MR) is 66.1 cm³/mol. The smallest absolute Gasteiger partial charge is 0.257 e. The minimum atomic E-state index is -0.562. The zero-order valence-electron chi connectivity index (χ0n) is 9.45. The number of nitrogens with zero attached hydrogens (tertiary/aromatic N) is 2. The lowest BCUT2D eigenvalue weighted by Gasteiger charge is -2.06. The van der Waals surface area contributed by atoms with Crippen molar-refractivity contribution in [1.82, 2.24) is 9.97 Å². The average molecular weight is 266 g/mol. The summed E-state index contributed by atoms with van der Waals surface area (Å²) in [4.78, 5) is 19.3. The molecule has 0 aliphatic rings. The van der Waals surface area contributed by atoms with E-state index >= 15 is 0 Å². The van der Waals surface area contributed by atoms with Crippen molar-refractivity contribution in [3.8, 4) is 0 Å². The Labute approximate surface area is 108 Å². The Hall–Kier alpha value is -2.01. The number of amides is 1. The van der Waals surface area contributed by atoms with E-state index in [0.29, 0.717) is 10.8 Å². The second-order valence-electron chi connectivity index (χ2n) is 3.68. The molecule has 2 aromatic rings. The summed E-state index contributed by atoms with van der Waals surface area (Å²) in [6, 6.07) is 2.79. The molecule has 92 valence electrons. The van der Waals surface area contributed by atoms with E-state index in [0.717, 1.165) is 17.8 Å². The molecule has 0 radical (unpaired) electrons. The summed E-state index contributed by atoms with van der Waals surface area (Å²) >= 11 is 5.77. The van der Waals surface area contributed by atoms with Gasteiger partial charge in [0.25, 0.3) is 5.91 Å². The van der Waals surface area contributed by atoms with Crippen LogP contribution in [0.3, 0.4) is 0 Å². The predicted octanol–water partition coefficient (Wildman–Crippen LogP) is 2.83. The SMILES string of the molecule is Cc1cc(NC(=O)c2cncc(F)c2)cnc1Cl. The molecule has 4 nitrogen and oxygen atoms in total. The molecule has 1 amide bonds. The number of pyridine rings is 2. The molecule has 2 aromatic heterocycles. The molecule has 0 spiro atoms. The summed E-state index contributed by atoms with van der Waals surface area (Å²) in [5.41, 5.74) is 1.38. The highest BCUT2D eigenvalue weighted by Crippen LogP contribution is 2.16. The number of rotatable bonds is 2. The van der Waals surface area contributed by atoms with Crippen molar-refractivity contribution >= 4 is 23.2 Å². The van der Waals surface area contributed by atoms with E-state index in [1.807, 2.05) is 0 Å². The van der Waals surface area contributed by atoms with Crippen molar-refractivity contribution in [2.24, 2.45) is 0 Å². The Morgan fingerprint density at radius 2 is 2.11 bits per heavy atom. The van der Waals surface area contributed by atoms with E-state index in [2.05, 4.69) is 15.3 Å². The molecule has 2 heterocycles. The Morgan fingerprint density at radius 1 is 1.33 bits per heavy atom. The lowest BCUT2D eigenvalue weighted by molar-refractivity contribution is 0.102. The van der Waals surface area contributed by atoms with Crippen LogP contribution < -0.4 is 5.32 Å². The van der Waals surface area contributed by atoms with Crippen molar-refractivity contribution in [2.45, 2.75) is 6.92 Å². The number of hydrogen-bond acceptors (Lipinski definition) is 3. The number of aryl methyl sites for hydroxylation is 1. The van der Waals surface area contributed by atoms with E-state index in [4.69, 9.17) is 11.6 Å². The highest BCUT2D eigenvalue weighted by molar-refractivity contribution is 6.30. The van der Waals surface area contributed by atoms with Gasteiger partial charge in [-0.3, -0.25) is 9.78 Å². The molecule has 0 aliphatic carbocycles. The van der Waals surface area contributed by atoms with Crippen molar-refractivity contribution in [3.05, 3.63) is 52.8 Å². The van der Waals surface area contributed by atoms with Gasteiger partial charge >= 0.3 is 0 Å². The Kier molecular flexibility index (Phi) is 3.53. The van der Waals surface area contributed by atoms with Gasteiger partial charge < -0.3 is 5.32 Å². The van der Waals surface area contributed by atoms with Crippen LogP contribution in [0.4, 0.5) is 10.1 Å². The molecule has 0 fully saturated rings. The molecule has 0 aromatic carbocycles. The quantitative estimate of drug-likeness (QED) is 0.850. The van der Waals surface area contributed by atoms with Gasteiger partial charge in [0.2, 0.25) is 0 Å². The lowest BCUT2D eigenvalue weighted by atomic mass is 10.2. The Morgan fingerprint density at radius 3 is 2.78 bits per heavy atom. The molecule has 0 bridgehead atoms. The van der Waals surface area contributed by atoms with Crippen molar-refractivity contribution in [1.29, 1.82) is 0 Å². The summed E-state index contributed by atoms with van der Waals surface area (Å²) < 4.78 is 12.9. The number of anilines is 1. The Bertz CT molecular complexity index is 604. The number of hydrogen-bond donors (Lipinski definition) is 1. The maximum atomic E-state index is 12.9. The first-order valence-electron chi connectivity index (χ1n) is 5.10. The maximum absolute atomic E-state index is 12.9. The van der Waals surface area contributed by atoms with Crippen LogP contribution >= 0.6 is 11.6 Å². The van der Waals surface area contributed by atoms with E-state index in [9.17, 15) is 9.18 Å². The lowest BCUT2D eigenvalue weighted by Crippen LogP contribution is -2.12. The number of carbonyl (C=O) groups excluding carboxylic acids is 1. The fourth-order valence-corrected chi connectivity index (χ4v) is 1.47. The van der Waals surface area contributed by atoms with Crippen LogP contribution in [0, 0.1) is 12.7 Å². The van der Waals surface area contributed by atoms with Gasteiger partial charge in [0.1, 0.15) is 11.0 Å². The summed E-state index contributed by atoms with van der Waals surface area (Å²) in [6.07, 6.45) is 3.75. The molecule has 0 saturated heterocycles. The van der Waals surface area contributed by atoms with Crippen LogP contribution in [0.2, 0.25) is 5.15 Å². The van der Waals surface area contributed by atoms with Crippen LogP contribution in [0.25, 0.3) is 0 Å². The fraction of sp³-hybridized carbons (Fsp3) is 0.0833. The third-order valence-electron chi connectivity index (χ3n) is 2.24. The second kappa shape index (κ2) is 5.10. The third kappa shape index (κ3) is 2.81. The number of aromatic nitrogens is 2. The van der Waals surface area contributed by atoms with Crippen LogP contribution in [0.1, 0.15) is 15.9 Å². The molecule has 2 rings (SSSR count). The average Bonchev–Trinajstić information content (AvgIpc) is 2.34. The maximum Gasteiger partial charge on any atom is 0.257 e. The molecule has 0 saturated carbocycles. The van der Waals surface area contributed by atoms with Gasteiger partial charge in [0, 0.05) is 6.20 Å². The highest BCUT2D eigenvalue weighted by atomic mass is 35.5. The van der Waals surface area contributed by atoms with Crippen molar-refractivity contribution in [2.75, 3.05) is 5.32 Å². The Balaban J connectivity index is 2.18. The van der Waals surface area contributed by atoms with Gasteiger partial charge in [-0.15, -0.1) is 0 Å². The topological polar surface area (TPSA) is 54.9 Å². The summed E-state index contributed by atoms with van der Waals surface area (Å²) in [6.45, 7) is 1.77. The standard InChI is InChI=1S/C12H9ClFN3O/c1-7-2-10(6-16-11(7)13)17-12(18)8-3-9(14)5-15-4-8/h2-6H,1H3,(H,17,18). The van der Waals surface area contributed by atoms with Crippen molar-refractivity contribution in [3.63, 3.8) is 0 Å². The van der Waals surface area contributed by atoms with Gasteiger partial charge in [-0.05, 0) is 24.6 Å².